The summed E-state index contributed by atoms with van der Waals surface area (Å²) in [5.41, 5.74) is 6.63. The van der Waals surface area contributed by atoms with E-state index in [0.29, 0.717) is 17.8 Å². The van der Waals surface area contributed by atoms with Crippen molar-refractivity contribution < 1.29 is 14.3 Å². The minimum Gasteiger partial charge on any atom is -0.467 e. The molecule has 0 saturated heterocycles. The Bertz CT molecular complexity index is 423. The van der Waals surface area contributed by atoms with Crippen LogP contribution in [0.1, 0.15) is 19.0 Å². The van der Waals surface area contributed by atoms with E-state index in [9.17, 15) is 9.59 Å². The molecule has 106 valence electrons. The van der Waals surface area contributed by atoms with Gasteiger partial charge in [-0.2, -0.15) is 0 Å². The van der Waals surface area contributed by atoms with E-state index in [1.165, 1.54) is 13.3 Å². The Morgan fingerprint density at radius 2 is 2.16 bits per heavy atom. The lowest BCUT2D eigenvalue weighted by molar-refractivity contribution is -0.145. The highest BCUT2D eigenvalue weighted by Gasteiger charge is 2.19. The fourth-order valence-electron chi connectivity index (χ4n) is 1.42. The Kier molecular flexibility index (Phi) is 7.52. The Balaban J connectivity index is 0.00000324. The molecule has 0 aliphatic rings. The number of nitrogens with zero attached hydrogens (tertiary/aromatic N) is 1. The van der Waals surface area contributed by atoms with Crippen LogP contribution in [0.5, 0.6) is 0 Å². The van der Waals surface area contributed by atoms with Gasteiger partial charge in [-0.05, 0) is 18.6 Å². The number of nitrogens with one attached hydrogen (secondary N) is 1. The van der Waals surface area contributed by atoms with E-state index in [2.05, 4.69) is 15.0 Å². The number of aromatic nitrogens is 1. The summed E-state index contributed by atoms with van der Waals surface area (Å²) in [6.45, 7) is 1.79. The van der Waals surface area contributed by atoms with Crippen molar-refractivity contribution >= 4 is 30.0 Å². The Morgan fingerprint density at radius 3 is 2.63 bits per heavy atom. The first-order valence-corrected chi connectivity index (χ1v) is 5.64. The number of carbonyl (C=O) groups excluding carboxylic acids is 2. The van der Waals surface area contributed by atoms with Crippen LogP contribution in [0.15, 0.2) is 18.3 Å². The smallest absolute Gasteiger partial charge is 0.328 e. The van der Waals surface area contributed by atoms with E-state index < -0.39 is 12.0 Å². The second-order valence-electron chi connectivity index (χ2n) is 3.81. The van der Waals surface area contributed by atoms with Gasteiger partial charge in [0.05, 0.1) is 25.4 Å². The van der Waals surface area contributed by atoms with E-state index in [1.54, 1.807) is 19.1 Å². The predicted molar refractivity (Wildman–Crippen MR) is 73.8 cm³/mol. The maximum atomic E-state index is 11.7. The molecule has 19 heavy (non-hydrogen) atoms. The number of hydrogen-bond donors (Lipinski definition) is 2. The van der Waals surface area contributed by atoms with Gasteiger partial charge in [-0.1, -0.05) is 6.92 Å². The summed E-state index contributed by atoms with van der Waals surface area (Å²) in [5, 5.41) is 2.60. The van der Waals surface area contributed by atoms with Crippen LogP contribution in [0, 0.1) is 0 Å². The molecule has 7 heteroatoms. The standard InChI is InChI=1S/C12H17N3O3.ClH/c1-3-10(12(17)18-2)15-11(16)6-9-5-4-8(13)7-14-9;/h4-5,7,10H,3,6,13H2,1-2H3,(H,15,16);1H. The van der Waals surface area contributed by atoms with Gasteiger partial charge in [0.2, 0.25) is 5.91 Å². The van der Waals surface area contributed by atoms with E-state index >= 15 is 0 Å². The highest BCUT2D eigenvalue weighted by Crippen LogP contribution is 2.02. The number of methoxy groups -OCH3 is 1. The maximum absolute atomic E-state index is 11.7. The third-order valence-electron chi connectivity index (χ3n) is 2.42. The van der Waals surface area contributed by atoms with Crippen molar-refractivity contribution in [2.45, 2.75) is 25.8 Å². The lowest BCUT2D eigenvalue weighted by Gasteiger charge is -2.14. The van der Waals surface area contributed by atoms with E-state index in [1.807, 2.05) is 0 Å². The molecule has 0 saturated carbocycles. The van der Waals surface area contributed by atoms with E-state index in [4.69, 9.17) is 5.73 Å². The van der Waals surface area contributed by atoms with Crippen LogP contribution in [-0.2, 0) is 20.7 Å². The Labute approximate surface area is 118 Å². The highest BCUT2D eigenvalue weighted by molar-refractivity contribution is 5.85. The number of esters is 1. The number of hydrogen-bond acceptors (Lipinski definition) is 5. The van der Waals surface area contributed by atoms with Gasteiger partial charge in [0.25, 0.3) is 0 Å². The van der Waals surface area contributed by atoms with Crippen LogP contribution >= 0.6 is 12.4 Å². The molecule has 3 N–H and O–H groups in total. The quantitative estimate of drug-likeness (QED) is 0.777. The number of nitrogens with two attached hydrogens (primary N) is 1. The van der Waals surface area contributed by atoms with Crippen molar-refractivity contribution in [2.75, 3.05) is 12.8 Å². The van der Waals surface area contributed by atoms with Gasteiger partial charge in [0, 0.05) is 5.69 Å². The van der Waals surface area contributed by atoms with Crippen molar-refractivity contribution in [3.8, 4) is 0 Å². The topological polar surface area (TPSA) is 94.3 Å². The molecule has 0 bridgehead atoms. The number of nitrogen functional groups attached to an aromatic ring is 1. The minimum atomic E-state index is -0.615. The first-order chi connectivity index (χ1) is 8.56. The molecule has 0 fully saturated rings. The second-order valence-corrected chi connectivity index (χ2v) is 3.81. The third kappa shape index (κ3) is 5.56. The lowest BCUT2D eigenvalue weighted by Crippen LogP contribution is -2.41. The van der Waals surface area contributed by atoms with Gasteiger partial charge in [0.1, 0.15) is 6.04 Å². The summed E-state index contributed by atoms with van der Waals surface area (Å²) in [7, 11) is 1.29. The number of anilines is 1. The zero-order valence-corrected chi connectivity index (χ0v) is 11.7. The molecular formula is C12H18ClN3O3. The molecular weight excluding hydrogens is 270 g/mol. The summed E-state index contributed by atoms with van der Waals surface area (Å²) in [5.74, 6) is -0.722. The molecule has 0 aliphatic carbocycles. The molecule has 1 aromatic rings. The van der Waals surface area contributed by atoms with Crippen LogP contribution in [0.25, 0.3) is 0 Å². The van der Waals surface area contributed by atoms with Gasteiger partial charge in [0.15, 0.2) is 0 Å². The van der Waals surface area contributed by atoms with Crippen LogP contribution in [0.2, 0.25) is 0 Å². The van der Waals surface area contributed by atoms with Crippen LogP contribution in [0.3, 0.4) is 0 Å². The summed E-state index contributed by atoms with van der Waals surface area (Å²) in [4.78, 5) is 27.0. The molecule has 1 unspecified atom stereocenters. The lowest BCUT2D eigenvalue weighted by atomic mass is 10.2. The summed E-state index contributed by atoms with van der Waals surface area (Å²) in [6, 6.07) is 2.73. The minimum absolute atomic E-state index is 0. The van der Waals surface area contributed by atoms with Crippen molar-refractivity contribution in [3.63, 3.8) is 0 Å². The Morgan fingerprint density at radius 1 is 1.47 bits per heavy atom. The fraction of sp³-hybridized carbons (Fsp3) is 0.417. The molecule has 0 spiro atoms. The van der Waals surface area contributed by atoms with Crippen molar-refractivity contribution in [2.24, 2.45) is 0 Å². The number of pyridine rings is 1. The molecule has 1 rings (SSSR count). The average Bonchev–Trinajstić information content (AvgIpc) is 2.37. The molecule has 0 radical (unpaired) electrons. The number of ether oxygens (including phenoxy) is 1. The second kappa shape index (κ2) is 8.31. The van der Waals surface area contributed by atoms with Gasteiger partial charge in [-0.15, -0.1) is 12.4 Å². The maximum Gasteiger partial charge on any atom is 0.328 e. The monoisotopic (exact) mass is 287 g/mol. The molecule has 1 amide bonds. The predicted octanol–water partition coefficient (Wildman–Crippen LogP) is 0.696. The van der Waals surface area contributed by atoms with Crippen molar-refractivity contribution in [3.05, 3.63) is 24.0 Å². The normalized spacial score (nSPS) is 11.1. The molecule has 1 aromatic heterocycles. The molecule has 1 heterocycles. The number of carbonyl (C=O) groups is 2. The summed E-state index contributed by atoms with van der Waals surface area (Å²) < 4.78 is 4.58. The zero-order valence-electron chi connectivity index (χ0n) is 10.9. The van der Waals surface area contributed by atoms with Crippen molar-refractivity contribution in [1.82, 2.24) is 10.3 Å². The van der Waals surface area contributed by atoms with Gasteiger partial charge < -0.3 is 15.8 Å². The molecule has 0 aliphatic heterocycles. The van der Waals surface area contributed by atoms with Gasteiger partial charge >= 0.3 is 5.97 Å². The fourth-order valence-corrected chi connectivity index (χ4v) is 1.42. The van der Waals surface area contributed by atoms with Gasteiger partial charge in [-0.3, -0.25) is 9.78 Å². The number of rotatable bonds is 5. The average molecular weight is 288 g/mol. The van der Waals surface area contributed by atoms with Gasteiger partial charge in [-0.25, -0.2) is 4.79 Å². The first-order valence-electron chi connectivity index (χ1n) is 5.64. The largest absolute Gasteiger partial charge is 0.467 e. The number of amides is 1. The zero-order chi connectivity index (χ0) is 13.5. The Hall–Kier alpha value is -1.82. The molecule has 1 atom stereocenters. The number of halogens is 1. The highest BCUT2D eigenvalue weighted by atomic mass is 35.5. The van der Waals surface area contributed by atoms with Crippen LogP contribution in [-0.4, -0.2) is 30.0 Å². The SMILES string of the molecule is CCC(NC(=O)Cc1ccc(N)cn1)C(=O)OC.Cl. The molecule has 6 nitrogen and oxygen atoms in total. The summed E-state index contributed by atoms with van der Waals surface area (Å²) in [6.07, 6.45) is 2.07. The van der Waals surface area contributed by atoms with Crippen LogP contribution < -0.4 is 11.1 Å². The van der Waals surface area contributed by atoms with Crippen molar-refractivity contribution in [1.29, 1.82) is 0 Å². The summed E-state index contributed by atoms with van der Waals surface area (Å²) >= 11 is 0. The van der Waals surface area contributed by atoms with Crippen LogP contribution in [0.4, 0.5) is 5.69 Å². The van der Waals surface area contributed by atoms with E-state index in [0.717, 1.165) is 0 Å². The third-order valence-corrected chi connectivity index (χ3v) is 2.42. The van der Waals surface area contributed by atoms with E-state index in [-0.39, 0.29) is 24.7 Å². The molecule has 0 aromatic carbocycles. The first kappa shape index (κ1) is 17.2.